The predicted octanol–water partition coefficient (Wildman–Crippen LogP) is 3.07. The first-order valence-corrected chi connectivity index (χ1v) is 18.1. The molecule has 0 radical (unpaired) electrons. The number of nitrogens with one attached hydrogen (secondary N) is 2. The predicted molar refractivity (Wildman–Crippen MR) is 186 cm³/mol. The van der Waals surface area contributed by atoms with E-state index in [2.05, 4.69) is 50.5 Å². The lowest BCUT2D eigenvalue weighted by Gasteiger charge is -2.53. The number of carbonyl (C=O) groups excluding carboxylic acids is 1. The topological polar surface area (TPSA) is 131 Å². The molecule has 10 nitrogen and oxygen atoms in total. The zero-order valence-corrected chi connectivity index (χ0v) is 28.6. The quantitative estimate of drug-likeness (QED) is 0.210. The Bertz CT molecular complexity index is 1860. The highest BCUT2D eigenvalue weighted by Gasteiger charge is 2.67. The third-order valence-corrected chi connectivity index (χ3v) is 13.5. The molecular weight excluding hydrogens is 620 g/mol. The van der Waals surface area contributed by atoms with Crippen LogP contribution in [0, 0.1) is 11.8 Å². The summed E-state index contributed by atoms with van der Waals surface area (Å²) in [6.45, 7) is 5.87. The van der Waals surface area contributed by atoms with Crippen molar-refractivity contribution < 1.29 is 29.6 Å². The van der Waals surface area contributed by atoms with E-state index in [1.165, 1.54) is 7.11 Å². The molecule has 2 bridgehead atoms. The van der Waals surface area contributed by atoms with Crippen LogP contribution in [0.4, 0.5) is 5.69 Å². The van der Waals surface area contributed by atoms with E-state index < -0.39 is 28.6 Å². The number of fused-ring (bicyclic) bond motifs is 6. The Morgan fingerprint density at radius 2 is 1.92 bits per heavy atom. The van der Waals surface area contributed by atoms with Gasteiger partial charge in [-0.3, -0.25) is 14.6 Å². The number of esters is 1. The number of aromatic amines is 1. The number of hydrogen-bond acceptors (Lipinski definition) is 9. The van der Waals surface area contributed by atoms with Gasteiger partial charge in [0.25, 0.3) is 0 Å². The lowest BCUT2D eigenvalue weighted by Crippen LogP contribution is -2.67. The van der Waals surface area contributed by atoms with Crippen LogP contribution in [0.25, 0.3) is 10.9 Å². The van der Waals surface area contributed by atoms with Crippen molar-refractivity contribution in [2.45, 2.75) is 79.8 Å². The fourth-order valence-electron chi connectivity index (χ4n) is 11.4. The molecule has 1 aromatic heterocycles. The SMILES string of the molecule is CC[C@]1(O)CC2CN(CCc3c([nH]c4ccccc34)[C@@](C(=O)OC)(c3cc4c(cc3OC)NC3C(O)C(O)C5C=CCN6CC[C@]43C56)C2)C1. The Hall–Kier alpha value is -3.41. The molecule has 7 unspecified atom stereocenters. The molecular formula is C39H48N4O6. The summed E-state index contributed by atoms with van der Waals surface area (Å²) in [7, 11) is 3.12. The number of benzene rings is 2. The van der Waals surface area contributed by atoms with Crippen LogP contribution >= 0.6 is 0 Å². The molecule has 1 spiro atoms. The molecule has 49 heavy (non-hydrogen) atoms. The van der Waals surface area contributed by atoms with Gasteiger partial charge in [-0.1, -0.05) is 37.3 Å². The Morgan fingerprint density at radius 1 is 1.08 bits per heavy atom. The second-order valence-electron chi connectivity index (χ2n) is 15.7. The van der Waals surface area contributed by atoms with Gasteiger partial charge in [-0.2, -0.15) is 0 Å². The van der Waals surface area contributed by atoms with Gasteiger partial charge in [0.1, 0.15) is 17.3 Å². The van der Waals surface area contributed by atoms with Gasteiger partial charge < -0.3 is 35.1 Å². The summed E-state index contributed by atoms with van der Waals surface area (Å²) in [5, 5.41) is 39.6. The summed E-state index contributed by atoms with van der Waals surface area (Å²) in [6, 6.07) is 12.0. The molecule has 5 N–H and O–H groups in total. The van der Waals surface area contributed by atoms with Crippen LogP contribution in [0.5, 0.6) is 5.75 Å². The normalized spacial score (nSPS) is 39.1. The number of H-pyrrole nitrogens is 1. The number of methoxy groups -OCH3 is 2. The largest absolute Gasteiger partial charge is 0.496 e. The smallest absolute Gasteiger partial charge is 0.322 e. The lowest BCUT2D eigenvalue weighted by atomic mass is 9.58. The van der Waals surface area contributed by atoms with Crippen LogP contribution in [0.2, 0.25) is 0 Å². The fourth-order valence-corrected chi connectivity index (χ4v) is 11.4. The van der Waals surface area contributed by atoms with Gasteiger partial charge in [-0.05, 0) is 67.8 Å². The van der Waals surface area contributed by atoms with E-state index in [1.807, 2.05) is 25.1 Å². The van der Waals surface area contributed by atoms with Gasteiger partial charge in [0.2, 0.25) is 0 Å². The van der Waals surface area contributed by atoms with E-state index in [4.69, 9.17) is 9.47 Å². The number of aromatic nitrogens is 1. The van der Waals surface area contributed by atoms with E-state index >= 15 is 0 Å². The van der Waals surface area contributed by atoms with Gasteiger partial charge >= 0.3 is 5.97 Å². The van der Waals surface area contributed by atoms with Gasteiger partial charge in [-0.25, -0.2) is 0 Å². The number of hydrogen-bond donors (Lipinski definition) is 5. The molecule has 2 saturated heterocycles. The molecule has 10 heteroatoms. The van der Waals surface area contributed by atoms with Crippen molar-refractivity contribution in [2.75, 3.05) is 52.3 Å². The maximum Gasteiger partial charge on any atom is 0.322 e. The van der Waals surface area contributed by atoms with Crippen molar-refractivity contribution in [3.8, 4) is 5.75 Å². The number of ether oxygens (including phenoxy) is 2. The van der Waals surface area contributed by atoms with Gasteiger partial charge in [0.15, 0.2) is 0 Å². The highest BCUT2D eigenvalue weighted by atomic mass is 16.5. The lowest BCUT2D eigenvalue weighted by molar-refractivity contribution is -0.147. The Kier molecular flexibility index (Phi) is 7.11. The molecule has 0 amide bonds. The van der Waals surface area contributed by atoms with Crippen molar-refractivity contribution >= 4 is 22.6 Å². The first kappa shape index (κ1) is 31.6. The molecule has 6 aliphatic rings. The monoisotopic (exact) mass is 668 g/mol. The van der Waals surface area contributed by atoms with E-state index in [1.54, 1.807) is 7.11 Å². The van der Waals surface area contributed by atoms with Gasteiger partial charge in [0.05, 0.1) is 32.0 Å². The molecule has 1 saturated carbocycles. The van der Waals surface area contributed by atoms with E-state index in [0.717, 1.165) is 71.6 Å². The molecule has 1 aliphatic carbocycles. The second-order valence-corrected chi connectivity index (χ2v) is 15.7. The fraction of sp³-hybridized carbons (Fsp3) is 0.564. The number of para-hydroxylation sites is 1. The van der Waals surface area contributed by atoms with Crippen LogP contribution in [-0.4, -0.2) is 113 Å². The first-order valence-electron chi connectivity index (χ1n) is 18.1. The van der Waals surface area contributed by atoms with Gasteiger partial charge in [0, 0.05) is 77.5 Å². The molecule has 260 valence electrons. The third kappa shape index (κ3) is 4.21. The Labute approximate surface area is 287 Å². The minimum Gasteiger partial charge on any atom is -0.496 e. The molecule has 3 fully saturated rings. The zero-order valence-electron chi connectivity index (χ0n) is 28.6. The number of aliphatic hydroxyl groups excluding tert-OH is 2. The molecule has 3 aromatic rings. The average molecular weight is 669 g/mol. The maximum absolute atomic E-state index is 14.9. The summed E-state index contributed by atoms with van der Waals surface area (Å²) in [4.78, 5) is 23.5. The molecule has 10 atom stereocenters. The average Bonchev–Trinajstić information content (AvgIpc) is 3.80. The number of nitrogens with zero attached hydrogens (tertiary/aromatic N) is 2. The molecule has 5 aliphatic heterocycles. The zero-order chi connectivity index (χ0) is 33.9. The van der Waals surface area contributed by atoms with E-state index in [0.29, 0.717) is 38.0 Å². The Morgan fingerprint density at radius 3 is 2.71 bits per heavy atom. The number of carbonyl (C=O) groups is 1. The van der Waals surface area contributed by atoms with Crippen molar-refractivity contribution in [2.24, 2.45) is 11.8 Å². The van der Waals surface area contributed by atoms with Crippen LogP contribution in [0.3, 0.4) is 0 Å². The minimum absolute atomic E-state index is 0.000559. The summed E-state index contributed by atoms with van der Waals surface area (Å²) in [6.07, 6.45) is 5.54. The van der Waals surface area contributed by atoms with Crippen molar-refractivity contribution in [1.29, 1.82) is 0 Å². The minimum atomic E-state index is -1.28. The summed E-state index contributed by atoms with van der Waals surface area (Å²) < 4.78 is 12.1. The van der Waals surface area contributed by atoms with Crippen LogP contribution in [0.1, 0.15) is 55.0 Å². The molecule has 2 aromatic carbocycles. The second kappa shape index (κ2) is 11.0. The van der Waals surface area contributed by atoms with Crippen LogP contribution < -0.4 is 10.1 Å². The van der Waals surface area contributed by atoms with Crippen LogP contribution in [-0.2, 0) is 26.8 Å². The molecule has 6 heterocycles. The summed E-state index contributed by atoms with van der Waals surface area (Å²) in [5.41, 5.74) is 2.96. The van der Waals surface area contributed by atoms with Crippen LogP contribution in [0.15, 0.2) is 48.6 Å². The standard InChI is InChI=1S/C39H48N4O6/c1-4-37(47)18-22-19-39(36(46)49-3,33-24(11-14-42(20-22)21-37)23-8-5-6-10-28(23)40-33)27-16-26-29(17-30(27)48-2)41-34-32(45)31(44)25-9-7-13-43-15-12-38(26,34)35(25)43/h5-10,16-17,22,25,31-32,34-35,40-41,44-45,47H,4,11-15,18-21H2,1-3H3/t22?,25?,31?,32?,34?,35?,37-,38-,39-/m0/s1. The highest BCUT2D eigenvalue weighted by Crippen LogP contribution is 2.60. The Balaban J connectivity index is 1.32. The number of aliphatic hydroxyl groups is 3. The van der Waals surface area contributed by atoms with Crippen molar-refractivity contribution in [1.82, 2.24) is 14.8 Å². The molecule has 9 rings (SSSR count). The number of anilines is 1. The number of piperidine rings is 1. The highest BCUT2D eigenvalue weighted by molar-refractivity contribution is 5.94. The van der Waals surface area contributed by atoms with Gasteiger partial charge in [-0.15, -0.1) is 0 Å². The first-order chi connectivity index (χ1) is 23.7. The van der Waals surface area contributed by atoms with Crippen molar-refractivity contribution in [3.63, 3.8) is 0 Å². The number of rotatable bonds is 4. The summed E-state index contributed by atoms with van der Waals surface area (Å²) >= 11 is 0. The van der Waals surface area contributed by atoms with E-state index in [9.17, 15) is 20.1 Å². The third-order valence-electron chi connectivity index (χ3n) is 13.5. The summed E-state index contributed by atoms with van der Waals surface area (Å²) in [5.74, 6) is 0.00127. The van der Waals surface area contributed by atoms with E-state index in [-0.39, 0.29) is 29.9 Å². The van der Waals surface area contributed by atoms with Crippen molar-refractivity contribution in [3.05, 3.63) is 70.9 Å². The maximum atomic E-state index is 14.9.